The molecule has 3 aromatic rings. The molecule has 7 heteroatoms. The summed E-state index contributed by atoms with van der Waals surface area (Å²) >= 11 is 0. The average Bonchev–Trinajstić information content (AvgIpc) is 3.19. The predicted molar refractivity (Wildman–Crippen MR) is 92.9 cm³/mol. The van der Waals surface area contributed by atoms with E-state index in [1.165, 1.54) is 5.56 Å². The highest BCUT2D eigenvalue weighted by Crippen LogP contribution is 2.17. The maximum atomic E-state index is 12.7. The van der Waals surface area contributed by atoms with Gasteiger partial charge in [-0.3, -0.25) is 4.79 Å². The number of nitrogens with zero attached hydrogens (tertiary/aromatic N) is 4. The van der Waals surface area contributed by atoms with E-state index >= 15 is 0 Å². The summed E-state index contributed by atoms with van der Waals surface area (Å²) in [6, 6.07) is 7.89. The lowest BCUT2D eigenvalue weighted by Crippen LogP contribution is -2.31. The second-order valence-electron chi connectivity index (χ2n) is 5.99. The van der Waals surface area contributed by atoms with Gasteiger partial charge in [0.05, 0.1) is 0 Å². The largest absolute Gasteiger partial charge is 0.346 e. The van der Waals surface area contributed by atoms with E-state index in [1.807, 2.05) is 52.0 Å². The molecule has 2 heterocycles. The Hall–Kier alpha value is -2.96. The first-order chi connectivity index (χ1) is 12.0. The molecule has 0 radical (unpaired) electrons. The van der Waals surface area contributed by atoms with Crippen LogP contribution in [0.2, 0.25) is 0 Å². The van der Waals surface area contributed by atoms with E-state index < -0.39 is 0 Å². The van der Waals surface area contributed by atoms with E-state index in [-0.39, 0.29) is 12.5 Å². The zero-order chi connectivity index (χ0) is 18.0. The summed E-state index contributed by atoms with van der Waals surface area (Å²) in [4.78, 5) is 26.0. The standard InChI is InChI=1S/C18H21N5O2/c1-5-23(18(24)16-12(3)19-13(4)20-16)10-15-21-17(22-25-15)14-8-6-11(2)7-9-14/h6-9H,5,10H2,1-4H3,(H,19,20). The number of hydrogen-bond acceptors (Lipinski definition) is 5. The lowest BCUT2D eigenvalue weighted by atomic mass is 10.1. The molecule has 0 saturated carbocycles. The number of nitrogens with one attached hydrogen (secondary N) is 1. The molecule has 0 aliphatic carbocycles. The zero-order valence-electron chi connectivity index (χ0n) is 14.8. The molecule has 1 amide bonds. The summed E-state index contributed by atoms with van der Waals surface area (Å²) in [6.07, 6.45) is 0. The Morgan fingerprint density at radius 1 is 1.16 bits per heavy atom. The van der Waals surface area contributed by atoms with Crippen molar-refractivity contribution in [2.75, 3.05) is 6.54 Å². The predicted octanol–water partition coefficient (Wildman–Crippen LogP) is 3.05. The van der Waals surface area contributed by atoms with Crippen molar-refractivity contribution in [1.82, 2.24) is 25.0 Å². The van der Waals surface area contributed by atoms with Crippen LogP contribution >= 0.6 is 0 Å². The van der Waals surface area contributed by atoms with Crippen LogP contribution in [0.15, 0.2) is 28.8 Å². The molecule has 3 rings (SSSR count). The van der Waals surface area contributed by atoms with E-state index in [4.69, 9.17) is 4.52 Å². The van der Waals surface area contributed by atoms with Crippen molar-refractivity contribution in [3.63, 3.8) is 0 Å². The van der Waals surface area contributed by atoms with Gasteiger partial charge in [-0.05, 0) is 27.7 Å². The van der Waals surface area contributed by atoms with Crippen molar-refractivity contribution >= 4 is 5.91 Å². The van der Waals surface area contributed by atoms with E-state index in [1.54, 1.807) is 4.90 Å². The fraction of sp³-hybridized carbons (Fsp3) is 0.333. The van der Waals surface area contributed by atoms with Gasteiger partial charge in [0.25, 0.3) is 5.91 Å². The first-order valence-electron chi connectivity index (χ1n) is 8.20. The van der Waals surface area contributed by atoms with Crippen molar-refractivity contribution in [3.05, 3.63) is 52.9 Å². The van der Waals surface area contributed by atoms with Crippen LogP contribution < -0.4 is 0 Å². The lowest BCUT2D eigenvalue weighted by Gasteiger charge is -2.17. The Balaban J connectivity index is 1.77. The van der Waals surface area contributed by atoms with E-state index in [2.05, 4.69) is 20.1 Å². The topological polar surface area (TPSA) is 87.9 Å². The Bertz CT molecular complexity index is 879. The van der Waals surface area contributed by atoms with Crippen LogP contribution in [0.1, 0.15) is 40.4 Å². The molecule has 0 aliphatic heterocycles. The Morgan fingerprint density at radius 2 is 1.88 bits per heavy atom. The highest BCUT2D eigenvalue weighted by Gasteiger charge is 2.22. The minimum atomic E-state index is -0.153. The number of carbonyl (C=O) groups excluding carboxylic acids is 1. The molecule has 2 aromatic heterocycles. The number of rotatable bonds is 5. The molecule has 0 saturated heterocycles. The number of carbonyl (C=O) groups is 1. The molecule has 7 nitrogen and oxygen atoms in total. The monoisotopic (exact) mass is 339 g/mol. The fourth-order valence-corrected chi connectivity index (χ4v) is 2.60. The minimum absolute atomic E-state index is 0.153. The molecule has 1 aromatic carbocycles. The molecule has 25 heavy (non-hydrogen) atoms. The van der Waals surface area contributed by atoms with Gasteiger partial charge in [-0.2, -0.15) is 4.98 Å². The molecular formula is C18H21N5O2. The number of aromatic nitrogens is 4. The molecule has 130 valence electrons. The molecule has 0 atom stereocenters. The summed E-state index contributed by atoms with van der Waals surface area (Å²) in [7, 11) is 0. The maximum absolute atomic E-state index is 12.7. The zero-order valence-corrected chi connectivity index (χ0v) is 14.8. The number of aryl methyl sites for hydroxylation is 3. The highest BCUT2D eigenvalue weighted by molar-refractivity contribution is 5.93. The molecule has 0 unspecified atom stereocenters. The lowest BCUT2D eigenvalue weighted by molar-refractivity contribution is 0.0728. The second kappa shape index (κ2) is 6.88. The van der Waals surface area contributed by atoms with Gasteiger partial charge in [-0.25, -0.2) is 4.98 Å². The summed E-state index contributed by atoms with van der Waals surface area (Å²) in [5, 5.41) is 4.01. The molecule has 0 bridgehead atoms. The number of benzene rings is 1. The van der Waals surface area contributed by atoms with Crippen LogP contribution in [0.25, 0.3) is 11.4 Å². The van der Waals surface area contributed by atoms with Crippen LogP contribution in [0, 0.1) is 20.8 Å². The van der Waals surface area contributed by atoms with Gasteiger partial charge in [-0.15, -0.1) is 0 Å². The van der Waals surface area contributed by atoms with Crippen LogP contribution in [-0.2, 0) is 6.54 Å². The smallest absolute Gasteiger partial charge is 0.274 e. The Morgan fingerprint density at radius 3 is 2.48 bits per heavy atom. The van der Waals surface area contributed by atoms with Crippen LogP contribution in [-0.4, -0.2) is 37.5 Å². The van der Waals surface area contributed by atoms with Gasteiger partial charge in [0.15, 0.2) is 0 Å². The molecule has 1 N–H and O–H groups in total. The normalized spacial score (nSPS) is 10.9. The summed E-state index contributed by atoms with van der Waals surface area (Å²) < 4.78 is 5.32. The van der Waals surface area contributed by atoms with Gasteiger partial charge in [0, 0.05) is 17.8 Å². The van der Waals surface area contributed by atoms with Gasteiger partial charge < -0.3 is 14.4 Å². The van der Waals surface area contributed by atoms with Gasteiger partial charge in [0.1, 0.15) is 18.1 Å². The van der Waals surface area contributed by atoms with E-state index in [9.17, 15) is 4.79 Å². The third-order valence-electron chi connectivity index (χ3n) is 3.98. The fourth-order valence-electron chi connectivity index (χ4n) is 2.60. The van der Waals surface area contributed by atoms with Crippen LogP contribution in [0.5, 0.6) is 0 Å². The number of H-pyrrole nitrogens is 1. The van der Waals surface area contributed by atoms with Gasteiger partial charge >= 0.3 is 0 Å². The van der Waals surface area contributed by atoms with E-state index in [0.717, 1.165) is 17.1 Å². The van der Waals surface area contributed by atoms with Crippen molar-refractivity contribution < 1.29 is 9.32 Å². The highest BCUT2D eigenvalue weighted by atomic mass is 16.5. The summed E-state index contributed by atoms with van der Waals surface area (Å²) in [5.74, 6) is 1.48. The van der Waals surface area contributed by atoms with E-state index in [0.29, 0.717) is 24.0 Å². The van der Waals surface area contributed by atoms with Crippen LogP contribution in [0.4, 0.5) is 0 Å². The second-order valence-corrected chi connectivity index (χ2v) is 5.99. The summed E-state index contributed by atoms with van der Waals surface area (Å²) in [5.41, 5.74) is 3.23. The molecule has 0 spiro atoms. The molecular weight excluding hydrogens is 318 g/mol. The molecule has 0 aliphatic rings. The third kappa shape index (κ3) is 3.60. The average molecular weight is 339 g/mol. The Labute approximate surface area is 146 Å². The van der Waals surface area contributed by atoms with Crippen molar-refractivity contribution in [3.8, 4) is 11.4 Å². The third-order valence-corrected chi connectivity index (χ3v) is 3.98. The van der Waals surface area contributed by atoms with Crippen molar-refractivity contribution in [2.24, 2.45) is 0 Å². The first kappa shape index (κ1) is 16.9. The van der Waals surface area contributed by atoms with Crippen LogP contribution in [0.3, 0.4) is 0 Å². The van der Waals surface area contributed by atoms with Gasteiger partial charge in [0.2, 0.25) is 11.7 Å². The Kier molecular flexibility index (Phi) is 4.65. The summed E-state index contributed by atoms with van der Waals surface area (Å²) in [6.45, 7) is 8.36. The maximum Gasteiger partial charge on any atom is 0.274 e. The number of aromatic amines is 1. The molecule has 0 fully saturated rings. The number of imidazole rings is 1. The van der Waals surface area contributed by atoms with Gasteiger partial charge in [-0.1, -0.05) is 35.0 Å². The van der Waals surface area contributed by atoms with Crippen molar-refractivity contribution in [2.45, 2.75) is 34.2 Å². The SMILES string of the molecule is CCN(Cc1nc(-c2ccc(C)cc2)no1)C(=O)c1nc(C)[nH]c1C. The quantitative estimate of drug-likeness (QED) is 0.772. The number of hydrogen-bond donors (Lipinski definition) is 1. The van der Waals surface area contributed by atoms with Crippen molar-refractivity contribution in [1.29, 1.82) is 0 Å². The number of amides is 1. The minimum Gasteiger partial charge on any atom is -0.346 e. The first-order valence-corrected chi connectivity index (χ1v) is 8.20.